The van der Waals surface area contributed by atoms with Gasteiger partial charge in [-0.1, -0.05) is 36.7 Å². The maximum absolute atomic E-state index is 12.5. The van der Waals surface area contributed by atoms with E-state index in [4.69, 9.17) is 16.7 Å². The first-order valence-electron chi connectivity index (χ1n) is 7.17. The van der Waals surface area contributed by atoms with Crippen LogP contribution in [0.5, 0.6) is 0 Å². The van der Waals surface area contributed by atoms with Crippen molar-refractivity contribution >= 4 is 11.6 Å². The van der Waals surface area contributed by atoms with Gasteiger partial charge in [0.2, 0.25) is 0 Å². The normalized spacial score (nSPS) is 13.1. The summed E-state index contributed by atoms with van der Waals surface area (Å²) in [5.41, 5.74) is 0.974. The Morgan fingerprint density at radius 2 is 2.00 bits per heavy atom. The van der Waals surface area contributed by atoms with Gasteiger partial charge in [-0.15, -0.1) is 0 Å². The SMILES string of the molecule is CCNC(CCN(CCO)CC(F)F)c1ccccc1Cl. The second-order valence-electron chi connectivity index (χ2n) is 4.84. The molecule has 0 aliphatic rings. The van der Waals surface area contributed by atoms with Crippen LogP contribution < -0.4 is 5.32 Å². The molecule has 3 nitrogen and oxygen atoms in total. The van der Waals surface area contributed by atoms with Crippen molar-refractivity contribution in [2.24, 2.45) is 0 Å². The van der Waals surface area contributed by atoms with Crippen LogP contribution in [0, 0.1) is 0 Å². The Balaban J connectivity index is 2.67. The fourth-order valence-electron chi connectivity index (χ4n) is 2.31. The van der Waals surface area contributed by atoms with E-state index in [9.17, 15) is 8.78 Å². The third-order valence-electron chi connectivity index (χ3n) is 3.28. The molecule has 6 heteroatoms. The molecule has 0 aliphatic carbocycles. The lowest BCUT2D eigenvalue weighted by atomic mass is 10.0. The van der Waals surface area contributed by atoms with Crippen molar-refractivity contribution < 1.29 is 13.9 Å². The molecule has 0 bridgehead atoms. The smallest absolute Gasteiger partial charge is 0.251 e. The number of rotatable bonds is 10. The molecule has 0 fully saturated rings. The molecule has 0 saturated carbocycles. The lowest BCUT2D eigenvalue weighted by molar-refractivity contribution is 0.0762. The first-order valence-corrected chi connectivity index (χ1v) is 7.55. The van der Waals surface area contributed by atoms with Crippen molar-refractivity contribution in [3.63, 3.8) is 0 Å². The van der Waals surface area contributed by atoms with Crippen molar-refractivity contribution in [1.82, 2.24) is 10.2 Å². The fourth-order valence-corrected chi connectivity index (χ4v) is 2.58. The minimum Gasteiger partial charge on any atom is -0.395 e. The monoisotopic (exact) mass is 320 g/mol. The molecule has 0 spiro atoms. The summed E-state index contributed by atoms with van der Waals surface area (Å²) in [5.74, 6) is 0. The summed E-state index contributed by atoms with van der Waals surface area (Å²) in [6.45, 7) is 3.06. The topological polar surface area (TPSA) is 35.5 Å². The highest BCUT2D eigenvalue weighted by molar-refractivity contribution is 6.31. The maximum atomic E-state index is 12.5. The fraction of sp³-hybridized carbons (Fsp3) is 0.600. The molecule has 120 valence electrons. The highest BCUT2D eigenvalue weighted by Crippen LogP contribution is 2.25. The second kappa shape index (κ2) is 10.1. The predicted octanol–water partition coefficient (Wildman–Crippen LogP) is 2.94. The minimum absolute atomic E-state index is 0.0163. The van der Waals surface area contributed by atoms with E-state index in [1.165, 1.54) is 0 Å². The van der Waals surface area contributed by atoms with E-state index >= 15 is 0 Å². The molecule has 1 aromatic rings. The van der Waals surface area contributed by atoms with E-state index in [0.29, 0.717) is 18.0 Å². The molecular formula is C15H23ClF2N2O. The van der Waals surface area contributed by atoms with Gasteiger partial charge in [-0.2, -0.15) is 0 Å². The van der Waals surface area contributed by atoms with Crippen LogP contribution in [-0.4, -0.2) is 49.2 Å². The molecule has 0 aliphatic heterocycles. The molecule has 1 rings (SSSR count). The van der Waals surface area contributed by atoms with Gasteiger partial charge in [0.1, 0.15) is 0 Å². The van der Waals surface area contributed by atoms with Gasteiger partial charge in [-0.05, 0) is 24.6 Å². The van der Waals surface area contributed by atoms with Gasteiger partial charge in [-0.3, -0.25) is 4.90 Å². The summed E-state index contributed by atoms with van der Waals surface area (Å²) in [6, 6.07) is 7.56. The summed E-state index contributed by atoms with van der Waals surface area (Å²) >= 11 is 6.20. The molecule has 1 unspecified atom stereocenters. The van der Waals surface area contributed by atoms with Gasteiger partial charge in [0, 0.05) is 24.2 Å². The second-order valence-corrected chi connectivity index (χ2v) is 5.24. The van der Waals surface area contributed by atoms with Crippen LogP contribution in [0.2, 0.25) is 5.02 Å². The Kier molecular flexibility index (Phi) is 8.76. The Labute approximate surface area is 129 Å². The number of hydrogen-bond donors (Lipinski definition) is 2. The van der Waals surface area contributed by atoms with Gasteiger partial charge in [0.25, 0.3) is 6.43 Å². The maximum Gasteiger partial charge on any atom is 0.251 e. The molecule has 1 atom stereocenters. The summed E-state index contributed by atoms with van der Waals surface area (Å²) < 4.78 is 25.0. The zero-order valence-electron chi connectivity index (χ0n) is 12.2. The van der Waals surface area contributed by atoms with Crippen LogP contribution >= 0.6 is 11.6 Å². The van der Waals surface area contributed by atoms with Crippen LogP contribution in [0.3, 0.4) is 0 Å². The number of nitrogens with zero attached hydrogens (tertiary/aromatic N) is 1. The molecule has 21 heavy (non-hydrogen) atoms. The van der Waals surface area contributed by atoms with Gasteiger partial charge in [0.05, 0.1) is 13.2 Å². The van der Waals surface area contributed by atoms with E-state index in [0.717, 1.165) is 12.1 Å². The number of halogens is 3. The van der Waals surface area contributed by atoms with Gasteiger partial charge in [0.15, 0.2) is 0 Å². The van der Waals surface area contributed by atoms with Gasteiger partial charge >= 0.3 is 0 Å². The quantitative estimate of drug-likeness (QED) is 0.696. The van der Waals surface area contributed by atoms with Gasteiger partial charge in [-0.25, -0.2) is 8.78 Å². The molecule has 0 aromatic heterocycles. The van der Waals surface area contributed by atoms with Crippen LogP contribution in [-0.2, 0) is 0 Å². The van der Waals surface area contributed by atoms with E-state index in [1.807, 2.05) is 31.2 Å². The predicted molar refractivity (Wildman–Crippen MR) is 82.0 cm³/mol. The lowest BCUT2D eigenvalue weighted by Gasteiger charge is -2.25. The molecule has 0 radical (unpaired) electrons. The van der Waals surface area contributed by atoms with E-state index in [2.05, 4.69) is 5.32 Å². The van der Waals surface area contributed by atoms with Crippen molar-refractivity contribution in [1.29, 1.82) is 0 Å². The minimum atomic E-state index is -2.39. The molecule has 1 aromatic carbocycles. The Morgan fingerprint density at radius 1 is 1.29 bits per heavy atom. The summed E-state index contributed by atoms with van der Waals surface area (Å²) in [6.07, 6.45) is -1.74. The summed E-state index contributed by atoms with van der Waals surface area (Å²) in [7, 11) is 0. The lowest BCUT2D eigenvalue weighted by Crippen LogP contribution is -2.35. The Morgan fingerprint density at radius 3 is 2.57 bits per heavy atom. The average Bonchev–Trinajstić information content (AvgIpc) is 2.43. The Bertz CT molecular complexity index is 407. The number of aliphatic hydroxyl groups is 1. The number of hydrogen-bond acceptors (Lipinski definition) is 3. The highest BCUT2D eigenvalue weighted by Gasteiger charge is 2.17. The molecule has 0 heterocycles. The van der Waals surface area contributed by atoms with E-state index in [-0.39, 0.29) is 25.7 Å². The standard InChI is InChI=1S/C15H23ClF2N2O/c1-2-19-14(12-5-3-4-6-13(12)16)7-8-20(9-10-21)11-15(17)18/h3-6,14-15,19,21H,2,7-11H2,1H3. The molecule has 2 N–H and O–H groups in total. The summed E-state index contributed by atoms with van der Waals surface area (Å²) in [5, 5.41) is 13.0. The van der Waals surface area contributed by atoms with Crippen LogP contribution in [0.15, 0.2) is 24.3 Å². The zero-order valence-corrected chi connectivity index (χ0v) is 13.0. The molecule has 0 saturated heterocycles. The van der Waals surface area contributed by atoms with Crippen molar-refractivity contribution in [2.75, 3.05) is 32.8 Å². The highest BCUT2D eigenvalue weighted by atomic mass is 35.5. The Hall–Kier alpha value is -0.750. The first kappa shape index (κ1) is 18.3. The largest absolute Gasteiger partial charge is 0.395 e. The molecule has 0 amide bonds. The van der Waals surface area contributed by atoms with Crippen LogP contribution in [0.25, 0.3) is 0 Å². The molecular weight excluding hydrogens is 298 g/mol. The van der Waals surface area contributed by atoms with Gasteiger partial charge < -0.3 is 10.4 Å². The third-order valence-corrected chi connectivity index (χ3v) is 3.62. The van der Waals surface area contributed by atoms with E-state index < -0.39 is 6.43 Å². The first-order chi connectivity index (χ1) is 10.1. The summed E-state index contributed by atoms with van der Waals surface area (Å²) in [4.78, 5) is 1.58. The number of benzene rings is 1. The zero-order chi connectivity index (χ0) is 15.7. The van der Waals surface area contributed by atoms with Crippen LogP contribution in [0.1, 0.15) is 24.9 Å². The number of nitrogens with one attached hydrogen (secondary N) is 1. The number of aliphatic hydroxyl groups excluding tert-OH is 1. The average molecular weight is 321 g/mol. The van der Waals surface area contributed by atoms with Crippen molar-refractivity contribution in [3.05, 3.63) is 34.9 Å². The van der Waals surface area contributed by atoms with Crippen LogP contribution in [0.4, 0.5) is 8.78 Å². The van der Waals surface area contributed by atoms with E-state index in [1.54, 1.807) is 4.90 Å². The van der Waals surface area contributed by atoms with Crippen molar-refractivity contribution in [3.8, 4) is 0 Å². The third kappa shape index (κ3) is 6.70. The van der Waals surface area contributed by atoms with Crippen molar-refractivity contribution in [2.45, 2.75) is 25.8 Å². The number of alkyl halides is 2.